The van der Waals surface area contributed by atoms with Crippen molar-refractivity contribution in [1.82, 2.24) is 0 Å². The van der Waals surface area contributed by atoms with E-state index in [1.165, 1.54) is 50.5 Å². The smallest absolute Gasteiger partial charge is 0.0143 e. The first kappa shape index (κ1) is 15.6. The van der Waals surface area contributed by atoms with Crippen molar-refractivity contribution in [2.45, 2.75) is 72.6 Å². The van der Waals surface area contributed by atoms with Crippen molar-refractivity contribution in [2.24, 2.45) is 17.3 Å². The van der Waals surface area contributed by atoms with Gasteiger partial charge in [-0.05, 0) is 83.0 Å². The molecular formula is C20H32. The fraction of sp³-hybridized carbons (Fsp3) is 0.700. The molecule has 2 aliphatic carbocycles. The van der Waals surface area contributed by atoms with E-state index in [9.17, 15) is 0 Å². The Morgan fingerprint density at radius 2 is 1.85 bits per heavy atom. The normalized spacial score (nSPS) is 35.6. The molecule has 0 saturated heterocycles. The summed E-state index contributed by atoms with van der Waals surface area (Å²) in [6, 6.07) is 0. The van der Waals surface area contributed by atoms with Crippen molar-refractivity contribution < 1.29 is 0 Å². The molecule has 0 aromatic heterocycles. The molecule has 0 bridgehead atoms. The van der Waals surface area contributed by atoms with E-state index in [1.54, 1.807) is 11.1 Å². The van der Waals surface area contributed by atoms with Crippen LogP contribution in [0.2, 0.25) is 0 Å². The van der Waals surface area contributed by atoms with E-state index in [0.29, 0.717) is 5.41 Å². The minimum Gasteiger partial charge on any atom is -0.0999 e. The molecule has 0 aromatic rings. The summed E-state index contributed by atoms with van der Waals surface area (Å²) < 4.78 is 0. The van der Waals surface area contributed by atoms with Crippen LogP contribution in [0.15, 0.2) is 35.5 Å². The van der Waals surface area contributed by atoms with Crippen LogP contribution < -0.4 is 0 Å². The molecule has 1 atom stereocenters. The van der Waals surface area contributed by atoms with Gasteiger partial charge in [-0.25, -0.2) is 0 Å². The van der Waals surface area contributed by atoms with Gasteiger partial charge in [0.05, 0.1) is 0 Å². The first-order chi connectivity index (χ1) is 9.39. The van der Waals surface area contributed by atoms with Gasteiger partial charge in [0.1, 0.15) is 0 Å². The quantitative estimate of drug-likeness (QED) is 0.518. The second-order valence-corrected chi connectivity index (χ2v) is 7.68. The number of rotatable bonds is 3. The number of hydrogen-bond acceptors (Lipinski definition) is 0. The largest absolute Gasteiger partial charge is 0.0999 e. The zero-order valence-electron chi connectivity index (χ0n) is 14.0. The zero-order valence-corrected chi connectivity index (χ0v) is 14.0. The van der Waals surface area contributed by atoms with Crippen molar-refractivity contribution in [3.63, 3.8) is 0 Å². The van der Waals surface area contributed by atoms with Gasteiger partial charge < -0.3 is 0 Å². The third-order valence-corrected chi connectivity index (χ3v) is 5.68. The van der Waals surface area contributed by atoms with E-state index < -0.39 is 0 Å². The highest BCUT2D eigenvalue weighted by Gasteiger charge is 2.30. The molecule has 1 unspecified atom stereocenters. The van der Waals surface area contributed by atoms with Crippen molar-refractivity contribution in [1.29, 1.82) is 0 Å². The fourth-order valence-corrected chi connectivity index (χ4v) is 3.96. The molecule has 0 heterocycles. The third-order valence-electron chi connectivity index (χ3n) is 5.68. The molecule has 1 saturated carbocycles. The molecule has 112 valence electrons. The van der Waals surface area contributed by atoms with Gasteiger partial charge in [0.15, 0.2) is 0 Å². The lowest BCUT2D eigenvalue weighted by molar-refractivity contribution is 0.240. The Balaban J connectivity index is 1.97. The highest BCUT2D eigenvalue weighted by atomic mass is 14.3. The van der Waals surface area contributed by atoms with Crippen LogP contribution in [0, 0.1) is 17.3 Å². The van der Waals surface area contributed by atoms with Crippen LogP contribution in [-0.4, -0.2) is 0 Å². The van der Waals surface area contributed by atoms with Crippen LogP contribution in [0.3, 0.4) is 0 Å². The lowest BCUT2D eigenvalue weighted by atomic mass is 9.68. The highest BCUT2D eigenvalue weighted by Crippen LogP contribution is 2.43. The molecule has 1 fully saturated rings. The van der Waals surface area contributed by atoms with Crippen molar-refractivity contribution >= 4 is 0 Å². The molecule has 0 N–H and O–H groups in total. The van der Waals surface area contributed by atoms with Crippen molar-refractivity contribution in [3.05, 3.63) is 35.5 Å². The van der Waals surface area contributed by atoms with Gasteiger partial charge >= 0.3 is 0 Å². The second kappa shape index (κ2) is 6.33. The maximum Gasteiger partial charge on any atom is -0.0143 e. The topological polar surface area (TPSA) is 0 Å². The van der Waals surface area contributed by atoms with E-state index in [1.807, 2.05) is 0 Å². The summed E-state index contributed by atoms with van der Waals surface area (Å²) in [5.74, 6) is 1.58. The minimum atomic E-state index is 0.437. The van der Waals surface area contributed by atoms with Gasteiger partial charge in [-0.1, -0.05) is 42.4 Å². The Morgan fingerprint density at radius 1 is 1.20 bits per heavy atom. The van der Waals surface area contributed by atoms with E-state index in [-0.39, 0.29) is 0 Å². The van der Waals surface area contributed by atoms with Crippen LogP contribution in [0.25, 0.3) is 0 Å². The van der Waals surface area contributed by atoms with E-state index in [2.05, 4.69) is 46.4 Å². The van der Waals surface area contributed by atoms with Gasteiger partial charge in [0, 0.05) is 0 Å². The molecule has 2 rings (SSSR count). The third kappa shape index (κ3) is 3.87. The van der Waals surface area contributed by atoms with Crippen LogP contribution >= 0.6 is 0 Å². The summed E-state index contributed by atoms with van der Waals surface area (Å²) in [7, 11) is 0. The second-order valence-electron chi connectivity index (χ2n) is 7.68. The van der Waals surface area contributed by atoms with Crippen LogP contribution in [0.1, 0.15) is 72.6 Å². The van der Waals surface area contributed by atoms with E-state index >= 15 is 0 Å². The first-order valence-corrected chi connectivity index (χ1v) is 8.40. The van der Waals surface area contributed by atoms with E-state index in [0.717, 1.165) is 11.8 Å². The molecule has 0 aliphatic heterocycles. The summed E-state index contributed by atoms with van der Waals surface area (Å²) in [4.78, 5) is 0. The first-order valence-electron chi connectivity index (χ1n) is 8.40. The Hall–Kier alpha value is -0.780. The molecule has 0 aromatic carbocycles. The summed E-state index contributed by atoms with van der Waals surface area (Å²) >= 11 is 0. The molecule has 0 spiro atoms. The van der Waals surface area contributed by atoms with Gasteiger partial charge in [0.25, 0.3) is 0 Å². The average Bonchev–Trinajstić information content (AvgIpc) is 2.39. The molecule has 2 aliphatic rings. The maximum atomic E-state index is 4.15. The molecular weight excluding hydrogens is 240 g/mol. The summed E-state index contributed by atoms with van der Waals surface area (Å²) in [5.41, 5.74) is 5.06. The summed E-state index contributed by atoms with van der Waals surface area (Å²) in [6.45, 7) is 13.5. The lowest BCUT2D eigenvalue weighted by Crippen LogP contribution is -2.24. The summed E-state index contributed by atoms with van der Waals surface area (Å²) in [5, 5.41) is 0. The Kier molecular flexibility index (Phi) is 4.94. The molecule has 0 radical (unpaired) electrons. The predicted molar refractivity (Wildman–Crippen MR) is 89.7 cm³/mol. The number of allylic oxidation sites excluding steroid dienone is 5. The Morgan fingerprint density at radius 3 is 2.35 bits per heavy atom. The molecule has 0 amide bonds. The maximum absolute atomic E-state index is 4.15. The average molecular weight is 272 g/mol. The SMILES string of the molecule is C=C(C)C1CCC(C)(/C=C(\C)C2CC=C(C)CC2)CC1. The summed E-state index contributed by atoms with van der Waals surface area (Å²) in [6.07, 6.45) is 14.3. The monoisotopic (exact) mass is 272 g/mol. The van der Waals surface area contributed by atoms with E-state index in [4.69, 9.17) is 0 Å². The Labute approximate surface area is 126 Å². The zero-order chi connectivity index (χ0) is 14.8. The Bertz CT molecular complexity index is 413. The molecule has 0 nitrogen and oxygen atoms in total. The van der Waals surface area contributed by atoms with Gasteiger partial charge in [0.2, 0.25) is 0 Å². The van der Waals surface area contributed by atoms with Crippen LogP contribution in [0.4, 0.5) is 0 Å². The fourth-order valence-electron chi connectivity index (χ4n) is 3.96. The molecule has 0 heteroatoms. The minimum absolute atomic E-state index is 0.437. The predicted octanol–water partition coefficient (Wildman–Crippen LogP) is 6.45. The molecule has 20 heavy (non-hydrogen) atoms. The highest BCUT2D eigenvalue weighted by molar-refractivity contribution is 5.16. The number of hydrogen-bond donors (Lipinski definition) is 0. The van der Waals surface area contributed by atoms with Gasteiger partial charge in [-0.15, -0.1) is 0 Å². The van der Waals surface area contributed by atoms with Crippen molar-refractivity contribution in [2.75, 3.05) is 0 Å². The lowest BCUT2D eigenvalue weighted by Gasteiger charge is -2.37. The van der Waals surface area contributed by atoms with Gasteiger partial charge in [-0.3, -0.25) is 0 Å². The standard InChI is InChI=1S/C20H32/c1-15(2)18-10-12-20(5,13-11-18)14-17(4)19-8-6-16(3)7-9-19/h6,14,18-19H,1,7-13H2,2-5H3/b17-14+. The van der Waals surface area contributed by atoms with Crippen LogP contribution in [-0.2, 0) is 0 Å². The van der Waals surface area contributed by atoms with Crippen molar-refractivity contribution in [3.8, 4) is 0 Å². The van der Waals surface area contributed by atoms with Gasteiger partial charge in [-0.2, -0.15) is 0 Å². The van der Waals surface area contributed by atoms with Crippen LogP contribution in [0.5, 0.6) is 0 Å².